The number of aromatic nitrogens is 6. The predicted molar refractivity (Wildman–Crippen MR) is 218 cm³/mol. The molecular weight excluding hydrogens is 661 g/mol. The van der Waals surface area contributed by atoms with Crippen LogP contribution in [0.2, 0.25) is 0 Å². The predicted octanol–water partition coefficient (Wildman–Crippen LogP) is 11.5. The van der Waals surface area contributed by atoms with E-state index in [1.165, 1.54) is 0 Å². The number of fused-ring (bicyclic) bond motifs is 3. The zero-order valence-electron chi connectivity index (χ0n) is 29.0. The zero-order chi connectivity index (χ0) is 35.8. The van der Waals surface area contributed by atoms with Gasteiger partial charge in [-0.05, 0) is 26.9 Å². The van der Waals surface area contributed by atoms with Crippen LogP contribution < -0.4 is 0 Å². The minimum absolute atomic E-state index is 0.566. The molecule has 6 heteroatoms. The first kappa shape index (κ1) is 31.3. The summed E-state index contributed by atoms with van der Waals surface area (Å²) in [5.41, 5.74) is 5.42. The fraction of sp³-hybridized carbons (Fsp3) is 0. The Bertz CT molecular complexity index is 2790. The molecule has 0 bridgehead atoms. The van der Waals surface area contributed by atoms with Crippen molar-refractivity contribution in [1.82, 2.24) is 29.9 Å². The van der Waals surface area contributed by atoms with Crippen LogP contribution >= 0.6 is 0 Å². The second-order valence-electron chi connectivity index (χ2n) is 13.1. The van der Waals surface area contributed by atoms with Gasteiger partial charge in [0.1, 0.15) is 0 Å². The highest BCUT2D eigenvalue weighted by molar-refractivity contribution is 6.05. The maximum Gasteiger partial charge on any atom is 0.164 e. The van der Waals surface area contributed by atoms with E-state index in [0.29, 0.717) is 34.9 Å². The smallest absolute Gasteiger partial charge is 0.164 e. The second kappa shape index (κ2) is 13.3. The minimum atomic E-state index is 0.566. The first-order valence-corrected chi connectivity index (χ1v) is 17.9. The third kappa shape index (κ3) is 5.63. The molecule has 0 unspecified atom stereocenters. The molecule has 0 saturated carbocycles. The lowest BCUT2D eigenvalue weighted by molar-refractivity contribution is 1.07. The minimum Gasteiger partial charge on any atom is -0.208 e. The molecular formula is C48H30N6. The molecule has 252 valence electrons. The monoisotopic (exact) mass is 690 g/mol. The highest BCUT2D eigenvalue weighted by Crippen LogP contribution is 2.38. The van der Waals surface area contributed by atoms with Crippen LogP contribution in [0.3, 0.4) is 0 Å². The van der Waals surface area contributed by atoms with Crippen LogP contribution in [0, 0.1) is 0 Å². The molecule has 0 atom stereocenters. The average molecular weight is 691 g/mol. The second-order valence-corrected chi connectivity index (χ2v) is 13.1. The molecule has 0 saturated heterocycles. The maximum atomic E-state index is 5.22. The Kier molecular flexibility index (Phi) is 7.69. The first-order valence-electron chi connectivity index (χ1n) is 17.9. The van der Waals surface area contributed by atoms with E-state index in [-0.39, 0.29) is 0 Å². The maximum absolute atomic E-state index is 5.22. The highest BCUT2D eigenvalue weighted by Gasteiger charge is 2.20. The SMILES string of the molecule is c1ccc(-c2nc(-c3cccc4ccccc34)nc(-c3cccc4cccc(-c5nc(-c6ccccc6)nc(-c6cccc7ccccc67)n5)c34)n2)cc1. The summed E-state index contributed by atoms with van der Waals surface area (Å²) in [5.74, 6) is 3.54. The lowest BCUT2D eigenvalue weighted by Gasteiger charge is -2.14. The summed E-state index contributed by atoms with van der Waals surface area (Å²) in [5, 5.41) is 6.37. The summed E-state index contributed by atoms with van der Waals surface area (Å²) in [6, 6.07) is 61.8. The molecule has 54 heavy (non-hydrogen) atoms. The van der Waals surface area contributed by atoms with Gasteiger partial charge in [0.05, 0.1) is 0 Å². The van der Waals surface area contributed by atoms with Gasteiger partial charge in [0, 0.05) is 38.8 Å². The van der Waals surface area contributed by atoms with Gasteiger partial charge >= 0.3 is 0 Å². The Morgan fingerprint density at radius 2 is 0.537 bits per heavy atom. The van der Waals surface area contributed by atoms with Crippen LogP contribution in [-0.2, 0) is 0 Å². The van der Waals surface area contributed by atoms with Crippen molar-refractivity contribution < 1.29 is 0 Å². The quantitative estimate of drug-likeness (QED) is 0.173. The molecule has 10 rings (SSSR count). The fourth-order valence-electron chi connectivity index (χ4n) is 7.22. The number of hydrogen-bond acceptors (Lipinski definition) is 6. The van der Waals surface area contributed by atoms with Gasteiger partial charge in [0.15, 0.2) is 34.9 Å². The Balaban J connectivity index is 1.23. The van der Waals surface area contributed by atoms with Gasteiger partial charge < -0.3 is 0 Å². The van der Waals surface area contributed by atoms with Crippen LogP contribution in [0.25, 0.3) is 101 Å². The molecule has 10 aromatic rings. The molecule has 2 aromatic heterocycles. The van der Waals surface area contributed by atoms with Crippen LogP contribution in [0.4, 0.5) is 0 Å². The third-order valence-corrected chi connectivity index (χ3v) is 9.78. The lowest BCUT2D eigenvalue weighted by Crippen LogP contribution is -2.03. The van der Waals surface area contributed by atoms with E-state index in [9.17, 15) is 0 Å². The molecule has 0 spiro atoms. The van der Waals surface area contributed by atoms with E-state index in [2.05, 4.69) is 97.1 Å². The Morgan fingerprint density at radius 3 is 0.981 bits per heavy atom. The summed E-state index contributed by atoms with van der Waals surface area (Å²) < 4.78 is 0. The Labute approximate surface area is 311 Å². The molecule has 0 aliphatic rings. The van der Waals surface area contributed by atoms with E-state index < -0.39 is 0 Å². The van der Waals surface area contributed by atoms with Gasteiger partial charge in [0.25, 0.3) is 0 Å². The van der Waals surface area contributed by atoms with Crippen molar-refractivity contribution in [2.75, 3.05) is 0 Å². The van der Waals surface area contributed by atoms with Crippen molar-refractivity contribution >= 4 is 32.3 Å². The van der Waals surface area contributed by atoms with E-state index in [1.54, 1.807) is 0 Å². The molecule has 0 amide bonds. The molecule has 6 nitrogen and oxygen atoms in total. The van der Waals surface area contributed by atoms with Gasteiger partial charge in [-0.25, -0.2) is 29.9 Å². The van der Waals surface area contributed by atoms with Crippen molar-refractivity contribution in [2.45, 2.75) is 0 Å². The number of rotatable bonds is 6. The number of hydrogen-bond donors (Lipinski definition) is 0. The van der Waals surface area contributed by atoms with Crippen molar-refractivity contribution in [3.05, 3.63) is 182 Å². The van der Waals surface area contributed by atoms with Gasteiger partial charge in [-0.15, -0.1) is 0 Å². The molecule has 8 aromatic carbocycles. The van der Waals surface area contributed by atoms with Crippen LogP contribution in [0.1, 0.15) is 0 Å². The van der Waals surface area contributed by atoms with Crippen LogP contribution in [0.5, 0.6) is 0 Å². The summed E-state index contributed by atoms with van der Waals surface area (Å²) in [6.07, 6.45) is 0. The van der Waals surface area contributed by atoms with Crippen molar-refractivity contribution in [3.63, 3.8) is 0 Å². The van der Waals surface area contributed by atoms with E-state index in [0.717, 1.165) is 65.7 Å². The van der Waals surface area contributed by atoms with Gasteiger partial charge in [0.2, 0.25) is 0 Å². The van der Waals surface area contributed by atoms with Crippen LogP contribution in [-0.4, -0.2) is 29.9 Å². The van der Waals surface area contributed by atoms with Crippen molar-refractivity contribution in [1.29, 1.82) is 0 Å². The standard InChI is InChI=1S/C48H30N6/c1-3-17-34(18-4-1)43-49-45(38-27-11-21-31-15-7-9-25-36(31)38)53-47(51-43)40-29-13-23-33-24-14-30-41(42(33)40)48-52-44(35-19-5-2-6-20-35)50-46(54-48)39-28-12-22-32-16-8-10-26-37(32)39/h1-30H. The largest absolute Gasteiger partial charge is 0.208 e. The Morgan fingerprint density at radius 1 is 0.222 bits per heavy atom. The van der Waals surface area contributed by atoms with Crippen LogP contribution in [0.15, 0.2) is 182 Å². The average Bonchev–Trinajstić information content (AvgIpc) is 3.26. The molecule has 0 radical (unpaired) electrons. The summed E-state index contributed by atoms with van der Waals surface area (Å²) in [4.78, 5) is 30.9. The van der Waals surface area contributed by atoms with Crippen molar-refractivity contribution in [3.8, 4) is 68.3 Å². The normalized spacial score (nSPS) is 11.3. The molecule has 0 aliphatic carbocycles. The summed E-state index contributed by atoms with van der Waals surface area (Å²) in [6.45, 7) is 0. The van der Waals surface area contributed by atoms with Crippen molar-refractivity contribution in [2.24, 2.45) is 0 Å². The molecule has 0 N–H and O–H groups in total. The van der Waals surface area contributed by atoms with Gasteiger partial charge in [-0.3, -0.25) is 0 Å². The molecule has 0 aliphatic heterocycles. The lowest BCUT2D eigenvalue weighted by atomic mass is 9.97. The fourth-order valence-corrected chi connectivity index (χ4v) is 7.22. The van der Waals surface area contributed by atoms with E-state index >= 15 is 0 Å². The zero-order valence-corrected chi connectivity index (χ0v) is 29.0. The van der Waals surface area contributed by atoms with Gasteiger partial charge in [-0.2, -0.15) is 0 Å². The van der Waals surface area contributed by atoms with Gasteiger partial charge in [-0.1, -0.05) is 182 Å². The number of benzene rings is 8. The highest BCUT2D eigenvalue weighted by atomic mass is 15.0. The molecule has 2 heterocycles. The Hall–Kier alpha value is -7.44. The number of nitrogens with zero attached hydrogens (tertiary/aromatic N) is 6. The third-order valence-electron chi connectivity index (χ3n) is 9.78. The first-order chi connectivity index (χ1) is 26.8. The van der Waals surface area contributed by atoms with E-state index in [1.807, 2.05) is 84.9 Å². The molecule has 0 fully saturated rings. The summed E-state index contributed by atoms with van der Waals surface area (Å²) >= 11 is 0. The summed E-state index contributed by atoms with van der Waals surface area (Å²) in [7, 11) is 0. The van der Waals surface area contributed by atoms with E-state index in [4.69, 9.17) is 29.9 Å². The topological polar surface area (TPSA) is 77.3 Å².